The molecule has 0 aliphatic carbocycles. The second-order valence-corrected chi connectivity index (χ2v) is 5.36. The first-order valence-corrected chi connectivity index (χ1v) is 7.77. The molecule has 1 amide bonds. The standard InChI is InChI=1S/C19H22N2O2/c1-3-15(2)21-19(22)9-6-16-4-7-18(8-5-16)23-14-17-10-12-20-13-11-17/h4-13,15H,3,14H2,1-2H3,(H,21,22)/b9-6+/t15-/m0/s1. The monoisotopic (exact) mass is 310 g/mol. The van der Waals surface area contributed by atoms with E-state index in [1.54, 1.807) is 24.5 Å². The van der Waals surface area contributed by atoms with Gasteiger partial charge < -0.3 is 10.1 Å². The van der Waals surface area contributed by atoms with Crippen molar-refractivity contribution in [1.29, 1.82) is 0 Å². The molecule has 4 nitrogen and oxygen atoms in total. The number of benzene rings is 1. The number of carbonyl (C=O) groups excluding carboxylic acids is 1. The minimum Gasteiger partial charge on any atom is -0.489 e. The summed E-state index contributed by atoms with van der Waals surface area (Å²) in [7, 11) is 0. The summed E-state index contributed by atoms with van der Waals surface area (Å²) in [5.74, 6) is 0.723. The fourth-order valence-corrected chi connectivity index (χ4v) is 1.89. The van der Waals surface area contributed by atoms with Gasteiger partial charge in [0.15, 0.2) is 0 Å². The first-order chi connectivity index (χ1) is 11.2. The predicted octanol–water partition coefficient (Wildman–Crippen LogP) is 3.59. The highest BCUT2D eigenvalue weighted by Crippen LogP contribution is 2.15. The van der Waals surface area contributed by atoms with Gasteiger partial charge in [-0.3, -0.25) is 9.78 Å². The highest BCUT2D eigenvalue weighted by atomic mass is 16.5. The molecule has 0 saturated heterocycles. The lowest BCUT2D eigenvalue weighted by atomic mass is 10.2. The normalized spacial score (nSPS) is 12.1. The largest absolute Gasteiger partial charge is 0.489 e. The molecular weight excluding hydrogens is 288 g/mol. The van der Waals surface area contributed by atoms with Crippen LogP contribution in [0.15, 0.2) is 54.9 Å². The fourth-order valence-electron chi connectivity index (χ4n) is 1.89. The molecule has 4 heteroatoms. The Morgan fingerprint density at radius 3 is 2.57 bits per heavy atom. The van der Waals surface area contributed by atoms with Crippen LogP contribution in [0.5, 0.6) is 5.75 Å². The highest BCUT2D eigenvalue weighted by molar-refractivity contribution is 5.91. The van der Waals surface area contributed by atoms with Gasteiger partial charge in [-0.1, -0.05) is 19.1 Å². The molecule has 1 aromatic carbocycles. The Balaban J connectivity index is 1.85. The van der Waals surface area contributed by atoms with Crippen molar-refractivity contribution in [2.24, 2.45) is 0 Å². The average Bonchev–Trinajstić information content (AvgIpc) is 2.60. The Morgan fingerprint density at radius 2 is 1.91 bits per heavy atom. The van der Waals surface area contributed by atoms with Gasteiger partial charge in [-0.25, -0.2) is 0 Å². The van der Waals surface area contributed by atoms with Crippen LogP contribution in [0.1, 0.15) is 31.4 Å². The van der Waals surface area contributed by atoms with Crippen molar-refractivity contribution in [3.05, 3.63) is 66.0 Å². The SMILES string of the molecule is CC[C@H](C)NC(=O)/C=C/c1ccc(OCc2ccncc2)cc1. The van der Waals surface area contributed by atoms with Gasteiger partial charge in [-0.2, -0.15) is 0 Å². The molecule has 0 saturated carbocycles. The lowest BCUT2D eigenvalue weighted by Gasteiger charge is -2.08. The van der Waals surface area contributed by atoms with Crippen molar-refractivity contribution >= 4 is 12.0 Å². The zero-order valence-corrected chi connectivity index (χ0v) is 13.5. The van der Waals surface area contributed by atoms with Crippen molar-refractivity contribution in [2.45, 2.75) is 32.9 Å². The molecule has 0 spiro atoms. The van der Waals surface area contributed by atoms with Crippen molar-refractivity contribution in [3.8, 4) is 5.75 Å². The zero-order chi connectivity index (χ0) is 16.5. The summed E-state index contributed by atoms with van der Waals surface area (Å²) in [6.45, 7) is 4.54. The van der Waals surface area contributed by atoms with Crippen LogP contribution in [0.25, 0.3) is 6.08 Å². The molecule has 2 rings (SSSR count). The van der Waals surface area contributed by atoms with Gasteiger partial charge in [0.1, 0.15) is 12.4 Å². The van der Waals surface area contributed by atoms with Crippen LogP contribution >= 0.6 is 0 Å². The van der Waals surface area contributed by atoms with Gasteiger partial charge in [0.25, 0.3) is 0 Å². The molecule has 23 heavy (non-hydrogen) atoms. The third kappa shape index (κ3) is 5.94. The number of ether oxygens (including phenoxy) is 1. The number of nitrogens with zero attached hydrogens (tertiary/aromatic N) is 1. The van der Waals surface area contributed by atoms with E-state index in [2.05, 4.69) is 10.3 Å². The first kappa shape index (κ1) is 16.7. The minimum atomic E-state index is -0.0719. The molecule has 1 heterocycles. The van der Waals surface area contributed by atoms with E-state index in [1.165, 1.54) is 0 Å². The molecular formula is C19H22N2O2. The Labute approximate surface area is 137 Å². The average molecular weight is 310 g/mol. The summed E-state index contributed by atoms with van der Waals surface area (Å²) in [6.07, 6.45) is 7.76. The van der Waals surface area contributed by atoms with Crippen LogP contribution in [0.2, 0.25) is 0 Å². The fraction of sp³-hybridized carbons (Fsp3) is 0.263. The predicted molar refractivity (Wildman–Crippen MR) is 91.9 cm³/mol. The van der Waals surface area contributed by atoms with Gasteiger partial charge in [0.05, 0.1) is 0 Å². The summed E-state index contributed by atoms with van der Waals surface area (Å²) < 4.78 is 5.71. The Morgan fingerprint density at radius 1 is 1.22 bits per heavy atom. The van der Waals surface area contributed by atoms with Crippen molar-refractivity contribution in [2.75, 3.05) is 0 Å². The quantitative estimate of drug-likeness (QED) is 0.795. The molecule has 0 aliphatic rings. The lowest BCUT2D eigenvalue weighted by Crippen LogP contribution is -2.30. The number of nitrogens with one attached hydrogen (secondary N) is 1. The van der Waals surface area contributed by atoms with Crippen LogP contribution in [-0.4, -0.2) is 16.9 Å². The van der Waals surface area contributed by atoms with Gasteiger partial charge in [-0.15, -0.1) is 0 Å². The van der Waals surface area contributed by atoms with Crippen LogP contribution < -0.4 is 10.1 Å². The summed E-state index contributed by atoms with van der Waals surface area (Å²) in [6, 6.07) is 11.7. The second-order valence-electron chi connectivity index (χ2n) is 5.36. The summed E-state index contributed by atoms with van der Waals surface area (Å²) in [5, 5.41) is 2.89. The number of rotatable bonds is 7. The summed E-state index contributed by atoms with van der Waals surface area (Å²) in [5.41, 5.74) is 2.03. The molecule has 120 valence electrons. The minimum absolute atomic E-state index is 0.0719. The van der Waals surface area contributed by atoms with E-state index in [0.29, 0.717) is 6.61 Å². The van der Waals surface area contributed by atoms with Crippen LogP contribution in [-0.2, 0) is 11.4 Å². The number of hydrogen-bond acceptors (Lipinski definition) is 3. The maximum absolute atomic E-state index is 11.7. The molecule has 0 radical (unpaired) electrons. The topological polar surface area (TPSA) is 51.2 Å². The number of hydrogen-bond donors (Lipinski definition) is 1. The molecule has 0 aliphatic heterocycles. The molecule has 1 atom stereocenters. The van der Waals surface area contributed by atoms with Gasteiger partial charge in [0.2, 0.25) is 5.91 Å². The van der Waals surface area contributed by atoms with Gasteiger partial charge in [0, 0.05) is 24.5 Å². The Bertz CT molecular complexity index is 636. The molecule has 1 aromatic heterocycles. The highest BCUT2D eigenvalue weighted by Gasteiger charge is 2.01. The number of carbonyl (C=O) groups is 1. The summed E-state index contributed by atoms with van der Waals surface area (Å²) >= 11 is 0. The van der Waals surface area contributed by atoms with Crippen molar-refractivity contribution in [3.63, 3.8) is 0 Å². The molecule has 2 aromatic rings. The van der Waals surface area contributed by atoms with E-state index in [9.17, 15) is 4.79 Å². The van der Waals surface area contributed by atoms with E-state index >= 15 is 0 Å². The second kappa shape index (κ2) is 8.73. The third-order valence-corrected chi connectivity index (χ3v) is 3.46. The molecule has 0 fully saturated rings. The Kier molecular flexibility index (Phi) is 6.36. The van der Waals surface area contributed by atoms with Crippen molar-refractivity contribution in [1.82, 2.24) is 10.3 Å². The number of aromatic nitrogens is 1. The van der Waals surface area contributed by atoms with Gasteiger partial charge >= 0.3 is 0 Å². The first-order valence-electron chi connectivity index (χ1n) is 7.77. The van der Waals surface area contributed by atoms with Crippen molar-refractivity contribution < 1.29 is 9.53 Å². The summed E-state index contributed by atoms with van der Waals surface area (Å²) in [4.78, 5) is 15.7. The van der Waals surface area contributed by atoms with Crippen LogP contribution in [0.3, 0.4) is 0 Å². The smallest absolute Gasteiger partial charge is 0.244 e. The van der Waals surface area contributed by atoms with E-state index < -0.39 is 0 Å². The van der Waals surface area contributed by atoms with E-state index in [-0.39, 0.29) is 11.9 Å². The van der Waals surface area contributed by atoms with E-state index in [0.717, 1.165) is 23.3 Å². The zero-order valence-electron chi connectivity index (χ0n) is 13.5. The van der Waals surface area contributed by atoms with Crippen LogP contribution in [0.4, 0.5) is 0 Å². The molecule has 0 unspecified atom stereocenters. The number of pyridine rings is 1. The maximum atomic E-state index is 11.7. The maximum Gasteiger partial charge on any atom is 0.244 e. The lowest BCUT2D eigenvalue weighted by molar-refractivity contribution is -0.117. The Hall–Kier alpha value is -2.62. The van der Waals surface area contributed by atoms with Gasteiger partial charge in [-0.05, 0) is 54.8 Å². The molecule has 0 bridgehead atoms. The van der Waals surface area contributed by atoms with E-state index in [1.807, 2.05) is 50.2 Å². The number of amides is 1. The van der Waals surface area contributed by atoms with Crippen LogP contribution in [0, 0.1) is 0 Å². The molecule has 1 N–H and O–H groups in total. The third-order valence-electron chi connectivity index (χ3n) is 3.46. The van der Waals surface area contributed by atoms with E-state index in [4.69, 9.17) is 4.74 Å².